The molecular weight excluding hydrogens is 419 g/mol. The summed E-state index contributed by atoms with van der Waals surface area (Å²) in [6.07, 6.45) is 4.60. The van der Waals surface area contributed by atoms with Crippen LogP contribution in [0.2, 0.25) is 0 Å². The van der Waals surface area contributed by atoms with E-state index < -0.39 is 5.60 Å². The second-order valence-corrected chi connectivity index (χ2v) is 9.44. The highest BCUT2D eigenvalue weighted by Crippen LogP contribution is 2.33. The number of methoxy groups -OCH3 is 1. The van der Waals surface area contributed by atoms with Crippen LogP contribution in [0, 0.1) is 11.7 Å². The number of ether oxygens (including phenoxy) is 2. The van der Waals surface area contributed by atoms with Crippen molar-refractivity contribution in [2.45, 2.75) is 44.6 Å². The van der Waals surface area contributed by atoms with E-state index in [1.54, 1.807) is 13.2 Å². The summed E-state index contributed by atoms with van der Waals surface area (Å²) in [4.78, 5) is 15.6. The van der Waals surface area contributed by atoms with Crippen molar-refractivity contribution in [3.63, 3.8) is 0 Å². The van der Waals surface area contributed by atoms with E-state index in [4.69, 9.17) is 9.47 Å². The van der Waals surface area contributed by atoms with E-state index in [2.05, 4.69) is 17.1 Å². The molecule has 1 N–H and O–H groups in total. The Kier molecular flexibility index (Phi) is 7.66. The van der Waals surface area contributed by atoms with E-state index in [9.17, 15) is 9.18 Å². The third kappa shape index (κ3) is 5.74. The van der Waals surface area contributed by atoms with Crippen LogP contribution in [0.3, 0.4) is 0 Å². The van der Waals surface area contributed by atoms with Gasteiger partial charge in [0, 0.05) is 31.7 Å². The number of likely N-dealkylation sites (tertiary alicyclic amines) is 1. The molecule has 0 saturated carbocycles. The molecule has 2 aliphatic heterocycles. The van der Waals surface area contributed by atoms with Gasteiger partial charge in [0.15, 0.2) is 5.60 Å². The van der Waals surface area contributed by atoms with E-state index >= 15 is 0 Å². The van der Waals surface area contributed by atoms with Gasteiger partial charge in [-0.15, -0.1) is 0 Å². The van der Waals surface area contributed by atoms with Crippen LogP contribution in [-0.2, 0) is 16.0 Å². The van der Waals surface area contributed by atoms with Crippen LogP contribution < -0.4 is 10.1 Å². The van der Waals surface area contributed by atoms with Crippen molar-refractivity contribution in [2.24, 2.45) is 5.92 Å². The second kappa shape index (κ2) is 10.7. The van der Waals surface area contributed by atoms with Gasteiger partial charge in [-0.2, -0.15) is 0 Å². The Morgan fingerprint density at radius 3 is 2.64 bits per heavy atom. The van der Waals surface area contributed by atoms with Gasteiger partial charge in [-0.3, -0.25) is 4.79 Å². The number of benzene rings is 2. The van der Waals surface area contributed by atoms with Gasteiger partial charge in [0.2, 0.25) is 0 Å². The minimum Gasteiger partial charge on any atom is -0.496 e. The number of hydrogen-bond acceptors (Lipinski definition) is 4. The number of halogens is 1. The molecule has 2 fully saturated rings. The Bertz CT molecular complexity index is 933. The minimum absolute atomic E-state index is 0.0127. The van der Waals surface area contributed by atoms with Gasteiger partial charge in [0.05, 0.1) is 7.11 Å². The maximum atomic E-state index is 13.8. The normalized spacial score (nSPS) is 21.8. The van der Waals surface area contributed by atoms with Gasteiger partial charge in [0.25, 0.3) is 5.91 Å². The molecule has 2 saturated heterocycles. The predicted molar refractivity (Wildman–Crippen MR) is 128 cm³/mol. The summed E-state index contributed by atoms with van der Waals surface area (Å²) in [7, 11) is 1.58. The first-order valence-corrected chi connectivity index (χ1v) is 12.1. The monoisotopic (exact) mass is 454 g/mol. The highest BCUT2D eigenvalue weighted by molar-refractivity contribution is 5.86. The van der Waals surface area contributed by atoms with Gasteiger partial charge >= 0.3 is 0 Å². The first-order valence-electron chi connectivity index (χ1n) is 12.1. The molecule has 0 bridgehead atoms. The molecule has 0 unspecified atom stereocenters. The Morgan fingerprint density at radius 1 is 1.21 bits per heavy atom. The fraction of sp³-hybridized carbons (Fsp3) is 0.519. The topological polar surface area (TPSA) is 50.8 Å². The molecule has 2 aromatic carbocycles. The zero-order valence-electron chi connectivity index (χ0n) is 19.7. The largest absolute Gasteiger partial charge is 0.496 e. The summed E-state index contributed by atoms with van der Waals surface area (Å²) in [6, 6.07) is 12.4. The first kappa shape index (κ1) is 23.7. The average molecular weight is 455 g/mol. The maximum absolute atomic E-state index is 13.8. The Morgan fingerprint density at radius 2 is 1.97 bits per heavy atom. The molecule has 4 rings (SSSR count). The molecule has 0 aliphatic carbocycles. The summed E-state index contributed by atoms with van der Waals surface area (Å²) >= 11 is 0. The zero-order valence-corrected chi connectivity index (χ0v) is 19.7. The number of rotatable bonds is 8. The molecular formula is C27H35FN2O3. The lowest BCUT2D eigenvalue weighted by Crippen LogP contribution is -2.50. The summed E-state index contributed by atoms with van der Waals surface area (Å²) in [6.45, 7) is 6.68. The van der Waals surface area contributed by atoms with Gasteiger partial charge in [-0.05, 0) is 74.0 Å². The van der Waals surface area contributed by atoms with Crippen molar-refractivity contribution < 1.29 is 18.7 Å². The van der Waals surface area contributed by atoms with Crippen molar-refractivity contribution in [1.29, 1.82) is 0 Å². The lowest BCUT2D eigenvalue weighted by atomic mass is 9.89. The fourth-order valence-electron chi connectivity index (χ4n) is 4.91. The molecule has 2 heterocycles. The maximum Gasteiger partial charge on any atom is 0.252 e. The van der Waals surface area contributed by atoms with E-state index in [-0.39, 0.29) is 11.7 Å². The van der Waals surface area contributed by atoms with E-state index in [0.717, 1.165) is 49.5 Å². The third-order valence-electron chi connectivity index (χ3n) is 7.02. The highest BCUT2D eigenvalue weighted by Gasteiger charge is 2.42. The van der Waals surface area contributed by atoms with Crippen LogP contribution in [0.4, 0.5) is 4.39 Å². The number of piperidine rings is 1. The first-order chi connectivity index (χ1) is 16.0. The Balaban J connectivity index is 1.39. The summed E-state index contributed by atoms with van der Waals surface area (Å²) < 4.78 is 25.2. The molecule has 0 radical (unpaired) electrons. The molecule has 2 aromatic rings. The van der Waals surface area contributed by atoms with Crippen molar-refractivity contribution >= 4 is 5.91 Å². The molecule has 1 atom stereocenters. The predicted octanol–water partition coefficient (Wildman–Crippen LogP) is 4.44. The lowest BCUT2D eigenvalue weighted by Gasteiger charge is -2.31. The number of carbonyl (C=O) groups excluding carboxylic acids is 1. The quantitative estimate of drug-likeness (QED) is 0.641. The number of nitrogens with one attached hydrogen (secondary N) is 1. The number of nitrogens with zero attached hydrogens (tertiary/aromatic N) is 1. The standard InChI is InChI=1S/C27H35FN2O3/c1-20-10-14-30(15-11-20)16-13-29-26(31)27(12-3-17-33-27)19-21-4-6-22(7-5-21)24-18-23(28)8-9-25(24)32-2/h4-9,18,20H,3,10-17,19H2,1-2H3,(H,29,31)/t27-/m1/s1. The number of amides is 1. The molecule has 33 heavy (non-hydrogen) atoms. The van der Waals surface area contributed by atoms with E-state index in [0.29, 0.717) is 30.9 Å². The molecule has 5 nitrogen and oxygen atoms in total. The van der Waals surface area contributed by atoms with Crippen molar-refractivity contribution in [3.05, 3.63) is 53.8 Å². The molecule has 178 valence electrons. The zero-order chi connectivity index (χ0) is 23.3. The molecule has 2 aliphatic rings. The van der Waals surface area contributed by atoms with Crippen LogP contribution in [0.1, 0.15) is 38.2 Å². The summed E-state index contributed by atoms with van der Waals surface area (Å²) in [5, 5.41) is 3.14. The number of hydrogen-bond donors (Lipinski definition) is 1. The summed E-state index contributed by atoms with van der Waals surface area (Å²) in [5.41, 5.74) is 1.79. The van der Waals surface area contributed by atoms with Gasteiger partial charge in [0.1, 0.15) is 11.6 Å². The van der Waals surface area contributed by atoms with Crippen molar-refractivity contribution in [1.82, 2.24) is 10.2 Å². The van der Waals surface area contributed by atoms with Crippen molar-refractivity contribution in [3.8, 4) is 16.9 Å². The fourth-order valence-corrected chi connectivity index (χ4v) is 4.91. The molecule has 0 spiro atoms. The minimum atomic E-state index is -0.811. The van der Waals surface area contributed by atoms with Gasteiger partial charge in [-0.25, -0.2) is 4.39 Å². The van der Waals surface area contributed by atoms with E-state index in [1.807, 2.05) is 24.3 Å². The SMILES string of the molecule is COc1ccc(F)cc1-c1ccc(C[C@@]2(C(=O)NCCN3CCC(C)CC3)CCCO2)cc1. The van der Waals surface area contributed by atoms with Crippen LogP contribution in [-0.4, -0.2) is 56.3 Å². The molecule has 0 aromatic heterocycles. The van der Waals surface area contributed by atoms with E-state index in [1.165, 1.54) is 25.0 Å². The van der Waals surface area contributed by atoms with Crippen LogP contribution in [0.25, 0.3) is 11.1 Å². The van der Waals surface area contributed by atoms with Crippen LogP contribution >= 0.6 is 0 Å². The average Bonchev–Trinajstić information content (AvgIpc) is 3.30. The third-order valence-corrected chi connectivity index (χ3v) is 7.02. The molecule has 6 heteroatoms. The number of carbonyl (C=O) groups is 1. The van der Waals surface area contributed by atoms with Crippen LogP contribution in [0.15, 0.2) is 42.5 Å². The Labute approximate surface area is 196 Å². The highest BCUT2D eigenvalue weighted by atomic mass is 19.1. The van der Waals surface area contributed by atoms with Gasteiger partial charge in [-0.1, -0.05) is 31.2 Å². The molecule has 1 amide bonds. The smallest absolute Gasteiger partial charge is 0.252 e. The van der Waals surface area contributed by atoms with Gasteiger partial charge < -0.3 is 19.7 Å². The lowest BCUT2D eigenvalue weighted by molar-refractivity contribution is -0.141. The summed E-state index contributed by atoms with van der Waals surface area (Å²) in [5.74, 6) is 1.12. The Hall–Kier alpha value is -2.44. The van der Waals surface area contributed by atoms with Crippen LogP contribution in [0.5, 0.6) is 5.75 Å². The second-order valence-electron chi connectivity index (χ2n) is 9.44. The van der Waals surface area contributed by atoms with Crippen molar-refractivity contribution in [2.75, 3.05) is 39.9 Å².